The lowest BCUT2D eigenvalue weighted by atomic mass is 9.96. The summed E-state index contributed by atoms with van der Waals surface area (Å²) in [6, 6.07) is -0.156. The summed E-state index contributed by atoms with van der Waals surface area (Å²) in [7, 11) is 6.60. The third-order valence-corrected chi connectivity index (χ3v) is 7.05. The molecule has 0 radical (unpaired) electrons. The van der Waals surface area contributed by atoms with E-state index in [0.717, 1.165) is 18.1 Å². The van der Waals surface area contributed by atoms with Crippen LogP contribution in [0.1, 0.15) is 41.5 Å². The van der Waals surface area contributed by atoms with Crippen molar-refractivity contribution in [3.05, 3.63) is 0 Å². The van der Waals surface area contributed by atoms with Crippen LogP contribution in [0.5, 0.6) is 0 Å². The molecule has 6 nitrogen and oxygen atoms in total. The molecule has 10 heteroatoms. The van der Waals surface area contributed by atoms with E-state index < -0.39 is 0 Å². The summed E-state index contributed by atoms with van der Waals surface area (Å²) in [5.74, 6) is 2.99. The first-order valence-corrected chi connectivity index (χ1v) is 13.5. The minimum atomic E-state index is -0.372. The fourth-order valence-corrected chi connectivity index (χ4v) is 4.61. The summed E-state index contributed by atoms with van der Waals surface area (Å²) in [4.78, 5) is 23.3. The third-order valence-electron chi connectivity index (χ3n) is 2.74. The van der Waals surface area contributed by atoms with Gasteiger partial charge in [-0.15, -0.1) is 0 Å². The van der Waals surface area contributed by atoms with Gasteiger partial charge in [0.2, 0.25) is 5.91 Å². The van der Waals surface area contributed by atoms with Gasteiger partial charge in [-0.25, -0.2) is 4.79 Å². The standard InChI is InChI=1S/C16H34N4O2S4/c1-15(2,3)13(21)18-11-25-26-12-19-14(22)17-7-9-23-24-10-8-20-16(4,5)6/h20H,7-12H2,1-6H3,(H,18,21)(H2,17,19,22). The van der Waals surface area contributed by atoms with Gasteiger partial charge in [-0.3, -0.25) is 4.79 Å². The van der Waals surface area contributed by atoms with Crippen LogP contribution in [0.15, 0.2) is 0 Å². The lowest BCUT2D eigenvalue weighted by molar-refractivity contribution is -0.128. The number of hydrogen-bond acceptors (Lipinski definition) is 7. The highest BCUT2D eigenvalue weighted by Crippen LogP contribution is 2.20. The Morgan fingerprint density at radius 2 is 1.27 bits per heavy atom. The number of nitrogens with one attached hydrogen (secondary N) is 4. The Kier molecular flexibility index (Phi) is 14.2. The normalized spacial score (nSPS) is 11.9. The van der Waals surface area contributed by atoms with E-state index in [1.165, 1.54) is 21.6 Å². The van der Waals surface area contributed by atoms with Crippen LogP contribution in [-0.2, 0) is 4.79 Å². The van der Waals surface area contributed by atoms with E-state index in [1.54, 1.807) is 10.8 Å². The van der Waals surface area contributed by atoms with Crippen molar-refractivity contribution < 1.29 is 9.59 Å². The highest BCUT2D eigenvalue weighted by Gasteiger charge is 2.20. The molecule has 0 atom stereocenters. The average Bonchev–Trinajstić information content (AvgIpc) is 2.51. The molecule has 0 aliphatic rings. The second kappa shape index (κ2) is 14.1. The maximum absolute atomic E-state index is 11.7. The number of hydrogen-bond donors (Lipinski definition) is 4. The molecule has 4 N–H and O–H groups in total. The van der Waals surface area contributed by atoms with Crippen LogP contribution in [0.3, 0.4) is 0 Å². The summed E-state index contributed by atoms with van der Waals surface area (Å²) in [6.45, 7) is 13.8. The van der Waals surface area contributed by atoms with Gasteiger partial charge in [0.25, 0.3) is 0 Å². The molecule has 0 rings (SSSR count). The molecule has 0 unspecified atom stereocenters. The minimum absolute atomic E-state index is 0.0286. The number of rotatable bonds is 12. The molecule has 0 heterocycles. The second-order valence-electron chi connectivity index (χ2n) is 7.53. The highest BCUT2D eigenvalue weighted by atomic mass is 33.1. The topological polar surface area (TPSA) is 82.3 Å². The fraction of sp³-hybridized carbons (Fsp3) is 0.875. The van der Waals surface area contributed by atoms with E-state index in [-0.39, 0.29) is 22.9 Å². The molecule has 0 aromatic heterocycles. The zero-order chi connectivity index (χ0) is 20.1. The summed E-state index contributed by atoms with van der Waals surface area (Å²) in [6.07, 6.45) is 0. The third kappa shape index (κ3) is 17.5. The Balaban J connectivity index is 3.39. The van der Waals surface area contributed by atoms with E-state index >= 15 is 0 Å². The Bertz CT molecular complexity index is 412. The predicted molar refractivity (Wildman–Crippen MR) is 122 cm³/mol. The molecule has 0 fully saturated rings. The number of amides is 3. The predicted octanol–water partition coefficient (Wildman–Crippen LogP) is 3.51. The second-order valence-corrected chi connectivity index (χ2v) is 12.7. The first-order chi connectivity index (χ1) is 12.0. The molecule has 0 spiro atoms. The molecule has 0 aliphatic heterocycles. The van der Waals surface area contributed by atoms with Gasteiger partial charge in [0.1, 0.15) is 0 Å². The molecule has 0 aromatic rings. The van der Waals surface area contributed by atoms with Crippen LogP contribution in [-0.4, -0.2) is 53.8 Å². The van der Waals surface area contributed by atoms with Crippen LogP contribution >= 0.6 is 43.2 Å². The lowest BCUT2D eigenvalue weighted by Crippen LogP contribution is -2.37. The summed E-state index contributed by atoms with van der Waals surface area (Å²) < 4.78 is 0. The molecule has 0 saturated carbocycles. The van der Waals surface area contributed by atoms with Gasteiger partial charge in [0.15, 0.2) is 0 Å². The van der Waals surface area contributed by atoms with Gasteiger partial charge >= 0.3 is 6.03 Å². The van der Waals surface area contributed by atoms with Crippen molar-refractivity contribution in [3.8, 4) is 0 Å². The summed E-state index contributed by atoms with van der Waals surface area (Å²) in [5, 5.41) is 11.9. The van der Waals surface area contributed by atoms with Crippen molar-refractivity contribution in [2.45, 2.75) is 47.1 Å². The first kappa shape index (κ1) is 26.1. The van der Waals surface area contributed by atoms with Crippen molar-refractivity contribution in [1.82, 2.24) is 21.3 Å². The molecule has 0 saturated heterocycles. The van der Waals surface area contributed by atoms with Gasteiger partial charge in [0, 0.05) is 35.5 Å². The number of urea groups is 1. The maximum Gasteiger partial charge on any atom is 0.315 e. The monoisotopic (exact) mass is 442 g/mol. The van der Waals surface area contributed by atoms with Crippen LogP contribution in [0, 0.1) is 5.41 Å². The van der Waals surface area contributed by atoms with Crippen LogP contribution in [0.2, 0.25) is 0 Å². The molecule has 0 bridgehead atoms. The Labute approximate surface area is 174 Å². The highest BCUT2D eigenvalue weighted by molar-refractivity contribution is 8.77. The Morgan fingerprint density at radius 3 is 1.81 bits per heavy atom. The average molecular weight is 443 g/mol. The van der Waals surface area contributed by atoms with Crippen molar-refractivity contribution >= 4 is 55.1 Å². The van der Waals surface area contributed by atoms with E-state index in [9.17, 15) is 9.59 Å². The van der Waals surface area contributed by atoms with Crippen LogP contribution in [0.4, 0.5) is 4.79 Å². The van der Waals surface area contributed by atoms with Crippen molar-refractivity contribution in [2.24, 2.45) is 5.41 Å². The molecule has 154 valence electrons. The van der Waals surface area contributed by atoms with E-state index in [1.807, 2.05) is 31.6 Å². The zero-order valence-corrected chi connectivity index (χ0v) is 20.0. The van der Waals surface area contributed by atoms with Gasteiger partial charge in [-0.1, -0.05) is 63.9 Å². The van der Waals surface area contributed by atoms with Gasteiger partial charge in [-0.2, -0.15) is 0 Å². The largest absolute Gasteiger partial charge is 0.346 e. The molecular formula is C16H34N4O2S4. The minimum Gasteiger partial charge on any atom is -0.346 e. The summed E-state index contributed by atoms with van der Waals surface area (Å²) >= 11 is 0. The molecule has 3 amide bonds. The van der Waals surface area contributed by atoms with Crippen molar-refractivity contribution in [1.29, 1.82) is 0 Å². The van der Waals surface area contributed by atoms with E-state index in [0.29, 0.717) is 18.3 Å². The number of carbonyl (C=O) groups excluding carboxylic acids is 2. The Hall–Kier alpha value is 0.1000. The van der Waals surface area contributed by atoms with E-state index in [2.05, 4.69) is 42.0 Å². The zero-order valence-electron chi connectivity index (χ0n) is 16.7. The van der Waals surface area contributed by atoms with Gasteiger partial charge in [-0.05, 0) is 20.8 Å². The smallest absolute Gasteiger partial charge is 0.315 e. The Morgan fingerprint density at radius 1 is 0.731 bits per heavy atom. The summed E-state index contributed by atoms with van der Waals surface area (Å²) in [5.41, 5.74) is -0.206. The van der Waals surface area contributed by atoms with Crippen molar-refractivity contribution in [3.63, 3.8) is 0 Å². The SMILES string of the molecule is CC(C)(C)NCCSSCCNC(=O)NCSSCNC(=O)C(C)(C)C. The molecule has 26 heavy (non-hydrogen) atoms. The maximum atomic E-state index is 11.7. The van der Waals surface area contributed by atoms with Crippen molar-refractivity contribution in [2.75, 3.05) is 36.3 Å². The van der Waals surface area contributed by atoms with Crippen LogP contribution in [0.25, 0.3) is 0 Å². The fourth-order valence-electron chi connectivity index (χ4n) is 1.39. The van der Waals surface area contributed by atoms with Crippen LogP contribution < -0.4 is 21.3 Å². The molecular weight excluding hydrogens is 408 g/mol. The van der Waals surface area contributed by atoms with Gasteiger partial charge < -0.3 is 21.3 Å². The molecule has 0 aromatic carbocycles. The number of carbonyl (C=O) groups is 2. The first-order valence-electron chi connectivity index (χ1n) is 8.56. The quantitative estimate of drug-likeness (QED) is 0.209. The van der Waals surface area contributed by atoms with E-state index in [4.69, 9.17) is 0 Å². The molecule has 0 aliphatic carbocycles. The lowest BCUT2D eigenvalue weighted by Gasteiger charge is -2.20. The van der Waals surface area contributed by atoms with Gasteiger partial charge in [0.05, 0.1) is 11.8 Å².